The van der Waals surface area contributed by atoms with Gasteiger partial charge in [-0.2, -0.15) is 0 Å². The van der Waals surface area contributed by atoms with Crippen molar-refractivity contribution in [2.45, 2.75) is 32.1 Å². The predicted molar refractivity (Wildman–Crippen MR) is 140 cm³/mol. The van der Waals surface area contributed by atoms with Crippen LogP contribution >= 0.6 is 11.8 Å². The Kier molecular flexibility index (Phi) is 6.10. The molecule has 3 aliphatic heterocycles. The summed E-state index contributed by atoms with van der Waals surface area (Å²) in [6, 6.07) is 11.9. The molecule has 0 radical (unpaired) electrons. The number of carbonyl (C=O) groups is 1. The van der Waals surface area contributed by atoms with Gasteiger partial charge in [0.15, 0.2) is 15.0 Å². The lowest BCUT2D eigenvalue weighted by molar-refractivity contribution is 0.0747. The molecule has 2 atom stereocenters. The molecule has 34 heavy (non-hydrogen) atoms. The van der Waals surface area contributed by atoms with Gasteiger partial charge >= 0.3 is 0 Å². The maximum atomic E-state index is 13.3. The molecular weight excluding hydrogens is 468 g/mol. The molecule has 2 aromatic carbocycles. The number of benzene rings is 2. The highest BCUT2D eigenvalue weighted by atomic mass is 32.2. The number of thioether (sulfide) groups is 1. The number of amides is 1. The predicted octanol–water partition coefficient (Wildman–Crippen LogP) is 3.25. The maximum absolute atomic E-state index is 13.3. The summed E-state index contributed by atoms with van der Waals surface area (Å²) in [6.07, 6.45) is 0. The van der Waals surface area contributed by atoms with E-state index in [1.165, 1.54) is 28.6 Å². The highest BCUT2D eigenvalue weighted by Crippen LogP contribution is 2.35. The number of nitrogens with one attached hydrogen (secondary N) is 1. The van der Waals surface area contributed by atoms with Gasteiger partial charge < -0.3 is 15.1 Å². The van der Waals surface area contributed by atoms with Crippen LogP contribution in [0.25, 0.3) is 0 Å². The van der Waals surface area contributed by atoms with Gasteiger partial charge in [0.25, 0.3) is 5.91 Å². The lowest BCUT2D eigenvalue weighted by Gasteiger charge is -2.37. The number of fused-ring (bicyclic) bond motifs is 1. The number of carbonyl (C=O) groups excluding carboxylic acids is 1. The molecule has 0 aliphatic carbocycles. The van der Waals surface area contributed by atoms with Crippen LogP contribution < -0.4 is 10.2 Å². The molecule has 0 saturated carbocycles. The van der Waals surface area contributed by atoms with Crippen molar-refractivity contribution in [2.24, 2.45) is 4.99 Å². The number of rotatable bonds is 3. The lowest BCUT2D eigenvalue weighted by atomic mass is 10.1. The minimum absolute atomic E-state index is 0.00837. The number of aryl methyl sites for hydroxylation is 2. The molecule has 180 valence electrons. The Balaban J connectivity index is 1.25. The fourth-order valence-corrected chi connectivity index (χ4v) is 8.50. The minimum atomic E-state index is -2.98. The van der Waals surface area contributed by atoms with Crippen molar-refractivity contribution in [2.75, 3.05) is 47.9 Å². The van der Waals surface area contributed by atoms with Crippen LogP contribution in [0.5, 0.6) is 0 Å². The molecule has 7 nitrogen and oxygen atoms in total. The van der Waals surface area contributed by atoms with Crippen LogP contribution in [0, 0.1) is 20.8 Å². The van der Waals surface area contributed by atoms with Gasteiger partial charge in [0.2, 0.25) is 0 Å². The molecule has 2 aromatic rings. The summed E-state index contributed by atoms with van der Waals surface area (Å²) in [4.78, 5) is 22.1. The first-order valence-corrected chi connectivity index (χ1v) is 14.3. The average Bonchev–Trinajstić information content (AvgIpc) is 3.29. The molecule has 5 rings (SSSR count). The second-order valence-corrected chi connectivity index (χ2v) is 12.8. The molecule has 0 unspecified atom stereocenters. The molecular formula is C25H30N4O3S2. The van der Waals surface area contributed by atoms with Crippen LogP contribution in [-0.2, 0) is 9.84 Å². The van der Waals surface area contributed by atoms with E-state index in [1.807, 2.05) is 30.0 Å². The summed E-state index contributed by atoms with van der Waals surface area (Å²) >= 11 is 1.49. The van der Waals surface area contributed by atoms with E-state index < -0.39 is 9.84 Å². The van der Waals surface area contributed by atoms with Crippen molar-refractivity contribution in [3.63, 3.8) is 0 Å². The number of amidine groups is 1. The molecule has 2 fully saturated rings. The zero-order valence-electron chi connectivity index (χ0n) is 19.7. The van der Waals surface area contributed by atoms with E-state index in [1.54, 1.807) is 0 Å². The summed E-state index contributed by atoms with van der Waals surface area (Å²) in [5.74, 6) is 0.344. The first-order valence-electron chi connectivity index (χ1n) is 11.6. The molecule has 1 amide bonds. The number of aliphatic imine (C=N–C) groups is 1. The van der Waals surface area contributed by atoms with Crippen LogP contribution in [0.1, 0.15) is 27.0 Å². The SMILES string of the molecule is Cc1ccc(C(=O)N2CCN(c3cccc(C)c3C)CC2)cc1NC1=N[C@@H]2CS(=O)(=O)C[C@@H]2S1. The van der Waals surface area contributed by atoms with Crippen LogP contribution in [0.3, 0.4) is 0 Å². The van der Waals surface area contributed by atoms with E-state index in [-0.39, 0.29) is 28.7 Å². The van der Waals surface area contributed by atoms with E-state index in [9.17, 15) is 13.2 Å². The third kappa shape index (κ3) is 4.55. The van der Waals surface area contributed by atoms with Gasteiger partial charge in [-0.1, -0.05) is 30.0 Å². The summed E-state index contributed by atoms with van der Waals surface area (Å²) in [6.45, 7) is 9.27. The smallest absolute Gasteiger partial charge is 0.254 e. The summed E-state index contributed by atoms with van der Waals surface area (Å²) in [5.41, 5.74) is 6.34. The van der Waals surface area contributed by atoms with Crippen molar-refractivity contribution in [1.82, 2.24) is 4.90 Å². The monoisotopic (exact) mass is 498 g/mol. The molecule has 0 bridgehead atoms. The Morgan fingerprint density at radius 3 is 2.53 bits per heavy atom. The standard InChI is InChI=1S/C25H30N4O3S2/c1-16-5-4-6-22(18(16)3)28-9-11-29(12-10-28)24(30)19-8-7-17(2)20(13-19)26-25-27-21-14-34(31,32)15-23(21)33-25/h4-8,13,21,23H,9-12,14-15H2,1-3H3,(H,26,27)/t21-,23+/m1/s1. The highest BCUT2D eigenvalue weighted by molar-refractivity contribution is 8.15. The van der Waals surface area contributed by atoms with Gasteiger partial charge in [-0.05, 0) is 55.7 Å². The second-order valence-electron chi connectivity index (χ2n) is 9.39. The Hall–Kier alpha value is -2.52. The van der Waals surface area contributed by atoms with Crippen molar-refractivity contribution < 1.29 is 13.2 Å². The first kappa shape index (κ1) is 23.2. The quantitative estimate of drug-likeness (QED) is 0.700. The van der Waals surface area contributed by atoms with Gasteiger partial charge in [0.05, 0.1) is 17.5 Å². The zero-order chi connectivity index (χ0) is 24.0. The molecule has 0 aromatic heterocycles. The van der Waals surface area contributed by atoms with Crippen molar-refractivity contribution >= 4 is 44.0 Å². The van der Waals surface area contributed by atoms with E-state index in [0.29, 0.717) is 18.7 Å². The third-order valence-electron chi connectivity index (χ3n) is 7.03. The van der Waals surface area contributed by atoms with E-state index in [2.05, 4.69) is 47.3 Å². The molecule has 9 heteroatoms. The van der Waals surface area contributed by atoms with Crippen molar-refractivity contribution in [1.29, 1.82) is 0 Å². The maximum Gasteiger partial charge on any atom is 0.254 e. The largest absolute Gasteiger partial charge is 0.368 e. The summed E-state index contributed by atoms with van der Waals surface area (Å²) in [5, 5.41) is 4.07. The number of anilines is 2. The third-order valence-corrected chi connectivity index (χ3v) is 10.2. The fraction of sp³-hybridized carbons (Fsp3) is 0.440. The molecule has 1 N–H and O–H groups in total. The van der Waals surface area contributed by atoms with E-state index in [0.717, 1.165) is 29.5 Å². The van der Waals surface area contributed by atoms with Crippen LogP contribution in [-0.4, -0.2) is 73.4 Å². The molecule has 2 saturated heterocycles. The number of piperazine rings is 1. The minimum Gasteiger partial charge on any atom is -0.368 e. The molecule has 3 aliphatic rings. The Labute approximate surface area is 205 Å². The normalized spacial score (nSPS) is 23.6. The van der Waals surface area contributed by atoms with Crippen LogP contribution in [0.4, 0.5) is 11.4 Å². The highest BCUT2D eigenvalue weighted by Gasteiger charge is 2.42. The van der Waals surface area contributed by atoms with E-state index >= 15 is 0 Å². The number of hydrogen-bond donors (Lipinski definition) is 1. The molecule has 3 heterocycles. The summed E-state index contributed by atoms with van der Waals surface area (Å²) < 4.78 is 23.6. The number of nitrogens with zero attached hydrogens (tertiary/aromatic N) is 3. The second kappa shape index (κ2) is 8.92. The van der Waals surface area contributed by atoms with Crippen LogP contribution in [0.15, 0.2) is 41.4 Å². The van der Waals surface area contributed by atoms with Gasteiger partial charge in [0, 0.05) is 48.4 Å². The van der Waals surface area contributed by atoms with E-state index in [4.69, 9.17) is 0 Å². The number of hydrogen-bond acceptors (Lipinski definition) is 7. The van der Waals surface area contributed by atoms with Crippen molar-refractivity contribution in [3.8, 4) is 0 Å². The van der Waals surface area contributed by atoms with Gasteiger partial charge in [-0.25, -0.2) is 8.42 Å². The van der Waals surface area contributed by atoms with Gasteiger partial charge in [-0.3, -0.25) is 9.79 Å². The summed E-state index contributed by atoms with van der Waals surface area (Å²) in [7, 11) is -2.98. The Bertz CT molecular complexity index is 1270. The fourth-order valence-electron chi connectivity index (χ4n) is 4.83. The Morgan fingerprint density at radius 2 is 1.79 bits per heavy atom. The molecule has 0 spiro atoms. The Morgan fingerprint density at radius 1 is 1.03 bits per heavy atom. The zero-order valence-corrected chi connectivity index (χ0v) is 21.4. The van der Waals surface area contributed by atoms with Crippen LogP contribution in [0.2, 0.25) is 0 Å². The topological polar surface area (TPSA) is 82.1 Å². The van der Waals surface area contributed by atoms with Gasteiger partial charge in [0.1, 0.15) is 0 Å². The lowest BCUT2D eigenvalue weighted by Crippen LogP contribution is -2.49. The van der Waals surface area contributed by atoms with Crippen molar-refractivity contribution in [3.05, 3.63) is 58.7 Å². The first-order chi connectivity index (χ1) is 16.2. The van der Waals surface area contributed by atoms with Gasteiger partial charge in [-0.15, -0.1) is 0 Å². The average molecular weight is 499 g/mol. The number of sulfone groups is 1.